The van der Waals surface area contributed by atoms with Gasteiger partial charge in [-0.1, -0.05) is 57.9 Å². The van der Waals surface area contributed by atoms with E-state index in [2.05, 4.69) is 50.4 Å². The molecule has 0 saturated carbocycles. The second kappa shape index (κ2) is 9.11. The van der Waals surface area contributed by atoms with E-state index in [1.807, 2.05) is 0 Å². The fraction of sp³-hybridized carbons (Fsp3) is 0.647. The van der Waals surface area contributed by atoms with Crippen LogP contribution < -0.4 is 5.32 Å². The first-order chi connectivity index (χ1) is 9.13. The molecule has 0 aliphatic carbocycles. The topological polar surface area (TPSA) is 32.3 Å². The van der Waals surface area contributed by atoms with Gasteiger partial charge in [-0.3, -0.25) is 0 Å². The molecule has 0 heterocycles. The van der Waals surface area contributed by atoms with E-state index in [0.717, 1.165) is 18.5 Å². The molecule has 0 saturated heterocycles. The highest BCUT2D eigenvalue weighted by Gasteiger charge is 2.07. The van der Waals surface area contributed by atoms with Gasteiger partial charge in [0.15, 0.2) is 0 Å². The van der Waals surface area contributed by atoms with Crippen LogP contribution in [0.2, 0.25) is 0 Å². The Kier molecular flexibility index (Phi) is 7.76. The van der Waals surface area contributed by atoms with Crippen LogP contribution in [0.5, 0.6) is 0 Å². The van der Waals surface area contributed by atoms with Crippen molar-refractivity contribution in [3.8, 4) is 0 Å². The fourth-order valence-electron chi connectivity index (χ4n) is 2.20. The van der Waals surface area contributed by atoms with Crippen LogP contribution in [-0.4, -0.2) is 18.2 Å². The Balaban J connectivity index is 2.33. The molecule has 0 amide bonds. The van der Waals surface area contributed by atoms with Gasteiger partial charge in [0, 0.05) is 6.54 Å². The maximum Gasteiger partial charge on any atom is 0.0914 e. The van der Waals surface area contributed by atoms with E-state index in [1.165, 1.54) is 24.8 Å². The summed E-state index contributed by atoms with van der Waals surface area (Å²) < 4.78 is 0. The lowest BCUT2D eigenvalue weighted by Gasteiger charge is -2.13. The van der Waals surface area contributed by atoms with Crippen molar-refractivity contribution < 1.29 is 5.11 Å². The number of rotatable bonds is 9. The highest BCUT2D eigenvalue weighted by molar-refractivity contribution is 5.24. The lowest BCUT2D eigenvalue weighted by atomic mass is 10.0. The second-order valence-corrected chi connectivity index (χ2v) is 5.77. The summed E-state index contributed by atoms with van der Waals surface area (Å²) in [5, 5.41) is 13.4. The zero-order valence-electron chi connectivity index (χ0n) is 12.7. The van der Waals surface area contributed by atoms with Crippen molar-refractivity contribution in [2.75, 3.05) is 13.1 Å². The molecular formula is C17H29NO. The molecule has 1 aromatic carbocycles. The molecular weight excluding hydrogens is 234 g/mol. The molecule has 0 aromatic heterocycles. The molecule has 2 nitrogen and oxygen atoms in total. The van der Waals surface area contributed by atoms with E-state index in [1.54, 1.807) is 0 Å². The van der Waals surface area contributed by atoms with Crippen LogP contribution in [0.4, 0.5) is 0 Å². The van der Waals surface area contributed by atoms with Gasteiger partial charge in [-0.25, -0.2) is 0 Å². The zero-order chi connectivity index (χ0) is 14.1. The summed E-state index contributed by atoms with van der Waals surface area (Å²) in [6, 6.07) is 8.37. The normalized spacial score (nSPS) is 12.9. The first kappa shape index (κ1) is 16.2. The molecule has 1 aromatic rings. The van der Waals surface area contributed by atoms with Crippen molar-refractivity contribution in [1.82, 2.24) is 5.32 Å². The molecule has 1 rings (SSSR count). The quantitative estimate of drug-likeness (QED) is 0.666. The minimum Gasteiger partial charge on any atom is -0.387 e. The minimum absolute atomic E-state index is 0.394. The summed E-state index contributed by atoms with van der Waals surface area (Å²) in [6.45, 7) is 8.29. The Morgan fingerprint density at radius 2 is 1.79 bits per heavy atom. The average molecular weight is 263 g/mol. The van der Waals surface area contributed by atoms with Crippen LogP contribution in [0.3, 0.4) is 0 Å². The van der Waals surface area contributed by atoms with Crippen molar-refractivity contribution in [3.63, 3.8) is 0 Å². The van der Waals surface area contributed by atoms with E-state index in [0.29, 0.717) is 12.5 Å². The third kappa shape index (κ3) is 6.74. The number of nitrogens with one attached hydrogen (secondary N) is 1. The molecule has 2 N–H and O–H groups in total. The largest absolute Gasteiger partial charge is 0.387 e. The van der Waals surface area contributed by atoms with Gasteiger partial charge >= 0.3 is 0 Å². The minimum atomic E-state index is -0.394. The smallest absolute Gasteiger partial charge is 0.0914 e. The molecule has 0 aliphatic heterocycles. The fourth-order valence-corrected chi connectivity index (χ4v) is 2.20. The average Bonchev–Trinajstić information content (AvgIpc) is 2.38. The van der Waals surface area contributed by atoms with Crippen molar-refractivity contribution in [2.45, 2.75) is 52.6 Å². The SMILES string of the molecule is CCCCCNCC(O)c1ccc(CC(C)C)cc1. The van der Waals surface area contributed by atoms with Gasteiger partial charge in [-0.2, -0.15) is 0 Å². The van der Waals surface area contributed by atoms with Crippen LogP contribution in [0.1, 0.15) is 57.3 Å². The third-order valence-corrected chi connectivity index (χ3v) is 3.30. The molecule has 1 unspecified atom stereocenters. The van der Waals surface area contributed by atoms with Gasteiger partial charge in [0.1, 0.15) is 0 Å². The number of hydrogen-bond donors (Lipinski definition) is 2. The molecule has 0 fully saturated rings. The first-order valence-corrected chi connectivity index (χ1v) is 7.61. The summed E-state index contributed by atoms with van der Waals surface area (Å²) in [4.78, 5) is 0. The molecule has 0 spiro atoms. The number of aliphatic hydroxyl groups excluding tert-OH is 1. The highest BCUT2D eigenvalue weighted by Crippen LogP contribution is 2.15. The molecule has 0 aliphatic rings. The van der Waals surface area contributed by atoms with Gasteiger partial charge in [-0.05, 0) is 36.4 Å². The Morgan fingerprint density at radius 1 is 1.11 bits per heavy atom. The summed E-state index contributed by atoms with van der Waals surface area (Å²) in [6.07, 6.45) is 4.39. The molecule has 108 valence electrons. The highest BCUT2D eigenvalue weighted by atomic mass is 16.3. The zero-order valence-corrected chi connectivity index (χ0v) is 12.7. The van der Waals surface area contributed by atoms with Crippen LogP contribution in [0.25, 0.3) is 0 Å². The van der Waals surface area contributed by atoms with Gasteiger partial charge < -0.3 is 10.4 Å². The summed E-state index contributed by atoms with van der Waals surface area (Å²) >= 11 is 0. The Morgan fingerprint density at radius 3 is 2.37 bits per heavy atom. The second-order valence-electron chi connectivity index (χ2n) is 5.77. The maximum absolute atomic E-state index is 10.1. The van der Waals surface area contributed by atoms with Crippen molar-refractivity contribution >= 4 is 0 Å². The summed E-state index contributed by atoms with van der Waals surface area (Å²) in [5.41, 5.74) is 2.36. The predicted molar refractivity (Wildman–Crippen MR) is 82.3 cm³/mol. The number of hydrogen-bond acceptors (Lipinski definition) is 2. The number of unbranched alkanes of at least 4 members (excludes halogenated alkanes) is 2. The van der Waals surface area contributed by atoms with E-state index in [4.69, 9.17) is 0 Å². The van der Waals surface area contributed by atoms with Gasteiger partial charge in [0.05, 0.1) is 6.10 Å². The van der Waals surface area contributed by atoms with E-state index >= 15 is 0 Å². The molecule has 1 atom stereocenters. The summed E-state index contributed by atoms with van der Waals surface area (Å²) in [5.74, 6) is 0.677. The monoisotopic (exact) mass is 263 g/mol. The molecule has 0 bridgehead atoms. The molecule has 2 heteroatoms. The first-order valence-electron chi connectivity index (χ1n) is 7.61. The Hall–Kier alpha value is -0.860. The van der Waals surface area contributed by atoms with Gasteiger partial charge in [-0.15, -0.1) is 0 Å². The lowest BCUT2D eigenvalue weighted by Crippen LogP contribution is -2.22. The standard InChI is InChI=1S/C17H29NO/c1-4-5-6-11-18-13-17(19)16-9-7-15(8-10-16)12-14(2)3/h7-10,14,17-19H,4-6,11-13H2,1-3H3. The van der Waals surface area contributed by atoms with Crippen LogP contribution >= 0.6 is 0 Å². The lowest BCUT2D eigenvalue weighted by molar-refractivity contribution is 0.174. The van der Waals surface area contributed by atoms with Crippen LogP contribution in [-0.2, 0) is 6.42 Å². The van der Waals surface area contributed by atoms with Crippen LogP contribution in [0.15, 0.2) is 24.3 Å². The molecule has 0 radical (unpaired) electrons. The van der Waals surface area contributed by atoms with Crippen molar-refractivity contribution in [2.24, 2.45) is 5.92 Å². The van der Waals surface area contributed by atoms with Gasteiger partial charge in [0.25, 0.3) is 0 Å². The number of aliphatic hydroxyl groups is 1. The predicted octanol–water partition coefficient (Wildman–Crippen LogP) is 3.70. The molecule has 19 heavy (non-hydrogen) atoms. The van der Waals surface area contributed by atoms with E-state index < -0.39 is 6.10 Å². The van der Waals surface area contributed by atoms with Crippen molar-refractivity contribution in [1.29, 1.82) is 0 Å². The Bertz CT molecular complexity index is 332. The Labute approximate surface area is 118 Å². The van der Waals surface area contributed by atoms with Gasteiger partial charge in [0.2, 0.25) is 0 Å². The van der Waals surface area contributed by atoms with Crippen molar-refractivity contribution in [3.05, 3.63) is 35.4 Å². The summed E-state index contributed by atoms with van der Waals surface area (Å²) in [7, 11) is 0. The third-order valence-electron chi connectivity index (χ3n) is 3.30. The van der Waals surface area contributed by atoms with Crippen LogP contribution in [0, 0.1) is 5.92 Å². The van der Waals surface area contributed by atoms with E-state index in [-0.39, 0.29) is 0 Å². The number of benzene rings is 1. The van der Waals surface area contributed by atoms with E-state index in [9.17, 15) is 5.11 Å². The maximum atomic E-state index is 10.1.